The normalized spacial score (nSPS) is 15.8. The fourth-order valence-electron chi connectivity index (χ4n) is 2.44. The summed E-state index contributed by atoms with van der Waals surface area (Å²) in [6, 6.07) is 0.301. The van der Waals surface area contributed by atoms with E-state index >= 15 is 0 Å². The van der Waals surface area contributed by atoms with Gasteiger partial charge in [0.05, 0.1) is 7.11 Å². The van der Waals surface area contributed by atoms with Gasteiger partial charge in [0.2, 0.25) is 17.8 Å². The predicted molar refractivity (Wildman–Crippen MR) is 79.3 cm³/mol. The highest BCUT2D eigenvalue weighted by Crippen LogP contribution is 2.24. The number of primary amides is 1. The predicted octanol–water partition coefficient (Wildman–Crippen LogP) is 0.404. The molecule has 0 spiro atoms. The zero-order chi connectivity index (χ0) is 15.2. The highest BCUT2D eigenvalue weighted by atomic mass is 16.5. The summed E-state index contributed by atoms with van der Waals surface area (Å²) in [6.45, 7) is 4.31. The lowest BCUT2D eigenvalue weighted by Crippen LogP contribution is -2.36. The van der Waals surface area contributed by atoms with Crippen LogP contribution in [-0.2, 0) is 4.79 Å². The lowest BCUT2D eigenvalue weighted by molar-refractivity contribution is -0.119. The van der Waals surface area contributed by atoms with E-state index in [-0.39, 0.29) is 5.91 Å². The van der Waals surface area contributed by atoms with Gasteiger partial charge >= 0.3 is 6.01 Å². The lowest BCUT2D eigenvalue weighted by atomic mass is 9.93. The summed E-state index contributed by atoms with van der Waals surface area (Å²) in [6.07, 6.45) is 2.28. The number of carbonyl (C=O) groups excluding carboxylic acids is 1. The molecule has 8 nitrogen and oxygen atoms in total. The number of nitrogens with two attached hydrogens (primary N) is 1. The molecule has 0 aliphatic carbocycles. The maximum atomic E-state index is 11.0. The van der Waals surface area contributed by atoms with Gasteiger partial charge in [0.25, 0.3) is 0 Å². The van der Waals surface area contributed by atoms with Gasteiger partial charge < -0.3 is 20.7 Å². The summed E-state index contributed by atoms with van der Waals surface area (Å²) in [7, 11) is 1.54. The van der Waals surface area contributed by atoms with Crippen molar-refractivity contribution in [2.45, 2.75) is 26.2 Å². The first-order valence-corrected chi connectivity index (χ1v) is 7.19. The molecule has 2 rings (SSSR count). The molecule has 1 saturated heterocycles. The number of carbonyl (C=O) groups is 1. The number of nitrogens with one attached hydrogen (secondary N) is 1. The van der Waals surface area contributed by atoms with Crippen molar-refractivity contribution in [1.29, 1.82) is 0 Å². The Bertz CT molecular complexity index is 488. The molecule has 1 aliphatic rings. The molecule has 116 valence electrons. The Balaban J connectivity index is 2.05. The number of rotatable bonds is 6. The first-order chi connectivity index (χ1) is 10.1. The highest BCUT2D eigenvalue weighted by Gasteiger charge is 2.23. The number of methoxy groups -OCH3 is 1. The molecular weight excluding hydrogens is 272 g/mol. The smallest absolute Gasteiger partial charge is 0.322 e. The Kier molecular flexibility index (Phi) is 5.13. The number of hydrogen-bond donors (Lipinski definition) is 2. The number of aromatic nitrogens is 3. The van der Waals surface area contributed by atoms with Gasteiger partial charge in [-0.1, -0.05) is 0 Å². The Morgan fingerprint density at radius 1 is 1.38 bits per heavy atom. The van der Waals surface area contributed by atoms with Crippen molar-refractivity contribution in [2.75, 3.05) is 37.0 Å². The van der Waals surface area contributed by atoms with Crippen LogP contribution in [0.25, 0.3) is 0 Å². The second-order valence-electron chi connectivity index (χ2n) is 5.08. The molecule has 1 fully saturated rings. The number of anilines is 2. The molecule has 8 heteroatoms. The fraction of sp³-hybridized carbons (Fsp3) is 0.692. The van der Waals surface area contributed by atoms with Gasteiger partial charge in [-0.3, -0.25) is 4.79 Å². The molecule has 1 aliphatic heterocycles. The molecule has 1 aromatic rings. The van der Waals surface area contributed by atoms with E-state index in [2.05, 4.69) is 25.2 Å². The third-order valence-corrected chi connectivity index (χ3v) is 3.51. The van der Waals surface area contributed by atoms with Gasteiger partial charge in [-0.25, -0.2) is 0 Å². The molecule has 0 bridgehead atoms. The van der Waals surface area contributed by atoms with E-state index in [1.165, 1.54) is 7.11 Å². The van der Waals surface area contributed by atoms with Crippen molar-refractivity contribution in [3.05, 3.63) is 0 Å². The van der Waals surface area contributed by atoms with Crippen LogP contribution in [0.15, 0.2) is 0 Å². The number of amides is 1. The van der Waals surface area contributed by atoms with E-state index in [1.54, 1.807) is 0 Å². The van der Waals surface area contributed by atoms with Crippen molar-refractivity contribution in [3.8, 4) is 6.01 Å². The molecule has 1 aromatic heterocycles. The topological polar surface area (TPSA) is 106 Å². The van der Waals surface area contributed by atoms with Gasteiger partial charge in [-0.15, -0.1) is 0 Å². The summed E-state index contributed by atoms with van der Waals surface area (Å²) in [4.78, 5) is 25.9. The molecule has 0 unspecified atom stereocenters. The minimum atomic E-state index is -0.232. The number of hydrogen-bond acceptors (Lipinski definition) is 7. The van der Waals surface area contributed by atoms with Crippen LogP contribution < -0.4 is 20.7 Å². The van der Waals surface area contributed by atoms with Crippen LogP contribution in [0.2, 0.25) is 0 Å². The van der Waals surface area contributed by atoms with E-state index in [0.29, 0.717) is 30.2 Å². The first kappa shape index (κ1) is 15.3. The summed E-state index contributed by atoms with van der Waals surface area (Å²) >= 11 is 0. The van der Waals surface area contributed by atoms with Crippen LogP contribution in [0.1, 0.15) is 26.2 Å². The van der Waals surface area contributed by atoms with E-state index < -0.39 is 0 Å². The van der Waals surface area contributed by atoms with E-state index in [1.807, 2.05) is 6.92 Å². The minimum absolute atomic E-state index is 0.232. The summed E-state index contributed by atoms with van der Waals surface area (Å²) in [5, 5.41) is 3.07. The van der Waals surface area contributed by atoms with E-state index in [0.717, 1.165) is 32.5 Å². The zero-order valence-corrected chi connectivity index (χ0v) is 12.5. The van der Waals surface area contributed by atoms with Crippen molar-refractivity contribution in [1.82, 2.24) is 15.0 Å². The molecule has 0 aromatic carbocycles. The van der Waals surface area contributed by atoms with Crippen LogP contribution in [0, 0.1) is 5.92 Å². The van der Waals surface area contributed by atoms with Gasteiger partial charge in [0, 0.05) is 26.1 Å². The number of nitrogens with zero attached hydrogens (tertiary/aromatic N) is 4. The monoisotopic (exact) mass is 294 g/mol. The average molecular weight is 294 g/mol. The molecule has 1 amide bonds. The summed E-state index contributed by atoms with van der Waals surface area (Å²) in [5.41, 5.74) is 5.25. The Hall–Kier alpha value is -2.12. The van der Waals surface area contributed by atoms with Crippen LogP contribution >= 0.6 is 0 Å². The Morgan fingerprint density at radius 2 is 2.10 bits per heavy atom. The Labute approximate surface area is 124 Å². The third kappa shape index (κ3) is 4.17. The van der Waals surface area contributed by atoms with E-state index in [4.69, 9.17) is 10.5 Å². The standard InChI is InChI=1S/C13H22N6O2/c1-3-15-11-16-12(18-13(17-11)21-2)19-6-4-9(5-7-19)8-10(14)20/h9H,3-8H2,1-2H3,(H2,14,20)(H,15,16,17,18). The molecule has 2 heterocycles. The second kappa shape index (κ2) is 7.05. The average Bonchev–Trinajstić information content (AvgIpc) is 2.47. The Morgan fingerprint density at radius 3 is 2.67 bits per heavy atom. The van der Waals surface area contributed by atoms with Crippen LogP contribution in [0.4, 0.5) is 11.9 Å². The quantitative estimate of drug-likeness (QED) is 0.782. The fourth-order valence-corrected chi connectivity index (χ4v) is 2.44. The zero-order valence-electron chi connectivity index (χ0n) is 12.5. The second-order valence-corrected chi connectivity index (χ2v) is 5.08. The lowest BCUT2D eigenvalue weighted by Gasteiger charge is -2.31. The molecule has 0 saturated carbocycles. The summed E-state index contributed by atoms with van der Waals surface area (Å²) < 4.78 is 5.12. The van der Waals surface area contributed by atoms with Gasteiger partial charge in [0.15, 0.2) is 0 Å². The van der Waals surface area contributed by atoms with Crippen LogP contribution in [-0.4, -0.2) is 47.6 Å². The van der Waals surface area contributed by atoms with Crippen molar-refractivity contribution in [3.63, 3.8) is 0 Å². The number of ether oxygens (including phenoxy) is 1. The number of piperidine rings is 1. The molecule has 3 N–H and O–H groups in total. The SMILES string of the molecule is CCNc1nc(OC)nc(N2CCC(CC(N)=O)CC2)n1. The highest BCUT2D eigenvalue weighted by molar-refractivity contribution is 5.74. The molecule has 0 radical (unpaired) electrons. The summed E-state index contributed by atoms with van der Waals surface area (Å²) in [5.74, 6) is 1.24. The molecule has 0 atom stereocenters. The van der Waals surface area contributed by atoms with Crippen molar-refractivity contribution >= 4 is 17.8 Å². The van der Waals surface area contributed by atoms with Crippen LogP contribution in [0.3, 0.4) is 0 Å². The third-order valence-electron chi connectivity index (χ3n) is 3.51. The van der Waals surface area contributed by atoms with Gasteiger partial charge in [0.1, 0.15) is 0 Å². The van der Waals surface area contributed by atoms with Crippen molar-refractivity contribution < 1.29 is 9.53 Å². The first-order valence-electron chi connectivity index (χ1n) is 7.19. The minimum Gasteiger partial charge on any atom is -0.467 e. The van der Waals surface area contributed by atoms with Gasteiger partial charge in [-0.2, -0.15) is 15.0 Å². The molecule has 21 heavy (non-hydrogen) atoms. The maximum absolute atomic E-state index is 11.0. The maximum Gasteiger partial charge on any atom is 0.322 e. The van der Waals surface area contributed by atoms with E-state index in [9.17, 15) is 4.79 Å². The van der Waals surface area contributed by atoms with Crippen molar-refractivity contribution in [2.24, 2.45) is 11.7 Å². The largest absolute Gasteiger partial charge is 0.467 e. The van der Waals surface area contributed by atoms with Gasteiger partial charge in [-0.05, 0) is 25.7 Å². The van der Waals surface area contributed by atoms with Crippen LogP contribution in [0.5, 0.6) is 6.01 Å². The molecular formula is C13H22N6O2.